The van der Waals surface area contributed by atoms with E-state index in [0.29, 0.717) is 0 Å². The summed E-state index contributed by atoms with van der Waals surface area (Å²) in [6.45, 7) is 1.87. The number of carbonyl (C=O) groups is 1. The molecule has 0 aliphatic carbocycles. The molecule has 0 saturated heterocycles. The van der Waals surface area contributed by atoms with Gasteiger partial charge in [0.05, 0.1) is 17.9 Å². The van der Waals surface area contributed by atoms with Gasteiger partial charge < -0.3 is 10.5 Å². The minimum absolute atomic E-state index is 0.152. The fourth-order valence-electron chi connectivity index (χ4n) is 1.62. The molecule has 2 aromatic rings. The summed E-state index contributed by atoms with van der Waals surface area (Å²) in [6, 6.07) is 4.95. The third-order valence-corrected chi connectivity index (χ3v) is 3.58. The van der Waals surface area contributed by atoms with Crippen LogP contribution in [0, 0.1) is 11.6 Å². The topological polar surface area (TPSA) is 52.3 Å². The maximum absolute atomic E-state index is 13.6. The zero-order chi connectivity index (χ0) is 14.0. The van der Waals surface area contributed by atoms with Crippen molar-refractivity contribution in [2.45, 2.75) is 6.92 Å². The summed E-state index contributed by atoms with van der Waals surface area (Å²) in [5.74, 6) is -1.98. The lowest BCUT2D eigenvalue weighted by Crippen LogP contribution is -2.04. The zero-order valence-electron chi connectivity index (χ0n) is 10.1. The van der Waals surface area contributed by atoms with E-state index in [1.807, 2.05) is 0 Å². The van der Waals surface area contributed by atoms with Crippen LogP contribution >= 0.6 is 11.3 Å². The van der Waals surface area contributed by atoms with Crippen molar-refractivity contribution < 1.29 is 18.3 Å². The van der Waals surface area contributed by atoms with Gasteiger partial charge in [0.15, 0.2) is 0 Å². The first-order chi connectivity index (χ1) is 9.04. The number of ether oxygens (including phenoxy) is 1. The predicted octanol–water partition coefficient (Wildman–Crippen LogP) is 3.45. The van der Waals surface area contributed by atoms with Crippen molar-refractivity contribution >= 4 is 23.0 Å². The van der Waals surface area contributed by atoms with Crippen molar-refractivity contribution in [3.63, 3.8) is 0 Å². The third kappa shape index (κ3) is 2.58. The highest BCUT2D eigenvalue weighted by atomic mass is 32.1. The van der Waals surface area contributed by atoms with Gasteiger partial charge in [-0.15, -0.1) is 11.3 Å². The number of hydrogen-bond donors (Lipinski definition) is 1. The summed E-state index contributed by atoms with van der Waals surface area (Å²) in [6.07, 6.45) is 0. The van der Waals surface area contributed by atoms with E-state index in [2.05, 4.69) is 0 Å². The molecule has 1 aromatic heterocycles. The summed E-state index contributed by atoms with van der Waals surface area (Å²) >= 11 is 0.909. The van der Waals surface area contributed by atoms with Crippen molar-refractivity contribution in [3.8, 4) is 10.4 Å². The van der Waals surface area contributed by atoms with Crippen LogP contribution in [-0.2, 0) is 4.74 Å². The first kappa shape index (κ1) is 13.5. The Balaban J connectivity index is 2.48. The average molecular weight is 283 g/mol. The van der Waals surface area contributed by atoms with E-state index in [1.54, 1.807) is 6.92 Å². The smallest absolute Gasteiger partial charge is 0.350 e. The lowest BCUT2D eigenvalue weighted by molar-refractivity contribution is 0.0533. The first-order valence-corrected chi connectivity index (χ1v) is 6.37. The van der Waals surface area contributed by atoms with Gasteiger partial charge in [-0.1, -0.05) is 6.07 Å². The lowest BCUT2D eigenvalue weighted by atomic mass is 10.1. The molecule has 0 unspecified atom stereocenters. The summed E-state index contributed by atoms with van der Waals surface area (Å²) < 4.78 is 32.1. The molecule has 0 bridgehead atoms. The van der Waals surface area contributed by atoms with E-state index < -0.39 is 17.6 Å². The van der Waals surface area contributed by atoms with E-state index in [4.69, 9.17) is 10.5 Å². The Kier molecular flexibility index (Phi) is 3.80. The van der Waals surface area contributed by atoms with Crippen molar-refractivity contribution in [2.75, 3.05) is 12.3 Å². The molecule has 1 heterocycles. The van der Waals surface area contributed by atoms with Crippen LogP contribution < -0.4 is 5.73 Å². The molecular weight excluding hydrogens is 272 g/mol. The van der Waals surface area contributed by atoms with Gasteiger partial charge in [-0.05, 0) is 25.1 Å². The number of esters is 1. The Bertz CT molecular complexity index is 605. The highest BCUT2D eigenvalue weighted by Gasteiger charge is 2.20. The molecule has 19 heavy (non-hydrogen) atoms. The van der Waals surface area contributed by atoms with Gasteiger partial charge in [-0.25, -0.2) is 13.6 Å². The highest BCUT2D eigenvalue weighted by molar-refractivity contribution is 7.18. The van der Waals surface area contributed by atoms with Crippen LogP contribution in [0.3, 0.4) is 0 Å². The maximum Gasteiger partial charge on any atom is 0.350 e. The third-order valence-electron chi connectivity index (χ3n) is 2.43. The van der Waals surface area contributed by atoms with Crippen LogP contribution in [0.15, 0.2) is 24.3 Å². The zero-order valence-corrected chi connectivity index (χ0v) is 10.9. The Labute approximate surface area is 112 Å². The largest absolute Gasteiger partial charge is 0.462 e. The minimum atomic E-state index is -0.698. The average Bonchev–Trinajstić information content (AvgIpc) is 2.71. The van der Waals surface area contributed by atoms with Crippen LogP contribution in [0.2, 0.25) is 0 Å². The molecule has 6 heteroatoms. The predicted molar refractivity (Wildman–Crippen MR) is 70.0 cm³/mol. The van der Waals surface area contributed by atoms with Gasteiger partial charge in [0.25, 0.3) is 0 Å². The van der Waals surface area contributed by atoms with E-state index in [1.165, 1.54) is 12.1 Å². The Morgan fingerprint density at radius 1 is 1.37 bits per heavy atom. The SMILES string of the molecule is CCOC(=O)c1sc(-c2c(F)cccc2F)cc1N. The van der Waals surface area contributed by atoms with Crippen molar-refractivity contribution in [3.05, 3.63) is 40.8 Å². The molecule has 100 valence electrons. The maximum atomic E-state index is 13.6. The van der Waals surface area contributed by atoms with E-state index in [9.17, 15) is 13.6 Å². The lowest BCUT2D eigenvalue weighted by Gasteiger charge is -2.01. The second-order valence-corrected chi connectivity index (χ2v) is 4.76. The molecule has 0 aliphatic heterocycles. The summed E-state index contributed by atoms with van der Waals surface area (Å²) in [4.78, 5) is 12.0. The van der Waals surface area contributed by atoms with Gasteiger partial charge >= 0.3 is 5.97 Å². The molecule has 0 atom stereocenters. The fraction of sp³-hybridized carbons (Fsp3) is 0.154. The van der Waals surface area contributed by atoms with Gasteiger partial charge in [0.1, 0.15) is 16.5 Å². The highest BCUT2D eigenvalue weighted by Crippen LogP contribution is 2.36. The minimum Gasteiger partial charge on any atom is -0.462 e. The molecule has 0 aliphatic rings. The van der Waals surface area contributed by atoms with E-state index >= 15 is 0 Å². The standard InChI is InChI=1S/C13H11F2NO2S/c1-2-18-13(17)12-9(16)6-10(19-12)11-7(14)4-3-5-8(11)15/h3-6H,2,16H2,1H3. The van der Waals surface area contributed by atoms with Gasteiger partial charge in [-0.2, -0.15) is 0 Å². The molecule has 1 aromatic carbocycles. The first-order valence-electron chi connectivity index (χ1n) is 5.55. The molecule has 3 nitrogen and oxygen atoms in total. The number of rotatable bonds is 3. The van der Waals surface area contributed by atoms with Crippen LogP contribution in [0.1, 0.15) is 16.6 Å². The van der Waals surface area contributed by atoms with Gasteiger partial charge in [0, 0.05) is 4.88 Å². The molecule has 0 amide bonds. The number of thiophene rings is 1. The summed E-state index contributed by atoms with van der Waals surface area (Å²) in [5, 5.41) is 0. The second-order valence-electron chi connectivity index (χ2n) is 3.71. The number of halogens is 2. The summed E-state index contributed by atoms with van der Waals surface area (Å²) in [5.41, 5.74) is 5.64. The molecule has 0 radical (unpaired) electrons. The Morgan fingerprint density at radius 2 is 2.00 bits per heavy atom. The number of nitrogen functional groups attached to an aromatic ring is 1. The van der Waals surface area contributed by atoms with Crippen LogP contribution in [0.25, 0.3) is 10.4 Å². The second kappa shape index (κ2) is 5.36. The van der Waals surface area contributed by atoms with Crippen molar-refractivity contribution in [1.29, 1.82) is 0 Å². The molecule has 0 spiro atoms. The molecule has 2 rings (SSSR count). The Hall–Kier alpha value is -1.95. The van der Waals surface area contributed by atoms with Gasteiger partial charge in [0.2, 0.25) is 0 Å². The molecular formula is C13H11F2NO2S. The quantitative estimate of drug-likeness (QED) is 0.878. The van der Waals surface area contributed by atoms with E-state index in [0.717, 1.165) is 23.5 Å². The molecule has 0 saturated carbocycles. The van der Waals surface area contributed by atoms with Crippen LogP contribution in [-0.4, -0.2) is 12.6 Å². The molecule has 2 N–H and O–H groups in total. The number of carbonyl (C=O) groups excluding carboxylic acids is 1. The number of nitrogens with two attached hydrogens (primary N) is 1. The van der Waals surface area contributed by atoms with E-state index in [-0.39, 0.29) is 27.6 Å². The molecule has 0 fully saturated rings. The van der Waals surface area contributed by atoms with Crippen LogP contribution in [0.5, 0.6) is 0 Å². The van der Waals surface area contributed by atoms with Crippen LogP contribution in [0.4, 0.5) is 14.5 Å². The summed E-state index contributed by atoms with van der Waals surface area (Å²) in [7, 11) is 0. The Morgan fingerprint density at radius 3 is 2.58 bits per heavy atom. The number of benzene rings is 1. The monoisotopic (exact) mass is 283 g/mol. The number of hydrogen-bond acceptors (Lipinski definition) is 4. The van der Waals surface area contributed by atoms with Crippen molar-refractivity contribution in [2.24, 2.45) is 0 Å². The van der Waals surface area contributed by atoms with Crippen molar-refractivity contribution in [1.82, 2.24) is 0 Å². The normalized spacial score (nSPS) is 10.5. The fourth-order valence-corrected chi connectivity index (χ4v) is 2.64. The van der Waals surface area contributed by atoms with Gasteiger partial charge in [-0.3, -0.25) is 0 Å². The number of anilines is 1.